The standard InChI is InChI=1S/C13H22O2/c1-9-8-13(15-10(9)2)11(14)6-5-7-12(13,3)4/h9-10H,5-8H2,1-4H3/t9-,10-,13+/m0/s1. The summed E-state index contributed by atoms with van der Waals surface area (Å²) in [5.41, 5.74) is -0.453. The third-order valence-electron chi connectivity index (χ3n) is 4.55. The highest BCUT2D eigenvalue weighted by molar-refractivity contribution is 5.89. The zero-order valence-corrected chi connectivity index (χ0v) is 10.3. The van der Waals surface area contributed by atoms with Gasteiger partial charge in [-0.25, -0.2) is 0 Å². The van der Waals surface area contributed by atoms with Gasteiger partial charge in [-0.3, -0.25) is 4.79 Å². The molecular weight excluding hydrogens is 188 g/mol. The van der Waals surface area contributed by atoms with Crippen molar-refractivity contribution < 1.29 is 9.53 Å². The molecule has 1 aliphatic heterocycles. The molecule has 0 aromatic carbocycles. The van der Waals surface area contributed by atoms with Crippen molar-refractivity contribution in [3.63, 3.8) is 0 Å². The molecule has 15 heavy (non-hydrogen) atoms. The Labute approximate surface area is 92.4 Å². The first-order valence-corrected chi connectivity index (χ1v) is 6.10. The topological polar surface area (TPSA) is 26.3 Å². The van der Waals surface area contributed by atoms with Crippen molar-refractivity contribution in [1.29, 1.82) is 0 Å². The largest absolute Gasteiger partial charge is 0.363 e. The SMILES string of the molecule is C[C@@H]1O[C@]2(C[C@@H]1C)C(=O)CCCC2(C)C. The third-order valence-corrected chi connectivity index (χ3v) is 4.55. The molecule has 1 aliphatic carbocycles. The van der Waals surface area contributed by atoms with Gasteiger partial charge in [-0.05, 0) is 32.1 Å². The second-order valence-corrected chi connectivity index (χ2v) is 5.99. The number of carbonyl (C=O) groups excluding carboxylic acids is 1. The molecule has 1 spiro atoms. The van der Waals surface area contributed by atoms with Crippen LogP contribution in [0.4, 0.5) is 0 Å². The van der Waals surface area contributed by atoms with Crippen molar-refractivity contribution in [3.05, 3.63) is 0 Å². The molecule has 2 nitrogen and oxygen atoms in total. The van der Waals surface area contributed by atoms with Crippen molar-refractivity contribution in [3.8, 4) is 0 Å². The fourth-order valence-electron chi connectivity index (χ4n) is 3.19. The molecule has 1 saturated heterocycles. The minimum absolute atomic E-state index is 0.0152. The van der Waals surface area contributed by atoms with E-state index in [0.29, 0.717) is 18.1 Å². The number of ketones is 1. The molecule has 2 rings (SSSR count). The van der Waals surface area contributed by atoms with Gasteiger partial charge in [0.05, 0.1) is 6.10 Å². The predicted molar refractivity (Wildman–Crippen MR) is 59.7 cm³/mol. The van der Waals surface area contributed by atoms with Crippen molar-refractivity contribution in [1.82, 2.24) is 0 Å². The second-order valence-electron chi connectivity index (χ2n) is 5.99. The number of hydrogen-bond donors (Lipinski definition) is 0. The molecule has 0 aromatic rings. The first-order chi connectivity index (χ1) is 6.89. The summed E-state index contributed by atoms with van der Waals surface area (Å²) in [4.78, 5) is 12.2. The van der Waals surface area contributed by atoms with E-state index in [2.05, 4.69) is 27.7 Å². The van der Waals surface area contributed by atoms with E-state index in [1.165, 1.54) is 0 Å². The molecule has 2 heteroatoms. The van der Waals surface area contributed by atoms with E-state index in [0.717, 1.165) is 19.3 Å². The fraction of sp³-hybridized carbons (Fsp3) is 0.923. The molecule has 0 aromatic heterocycles. The summed E-state index contributed by atoms with van der Waals surface area (Å²) in [6, 6.07) is 0. The van der Waals surface area contributed by atoms with Gasteiger partial charge in [-0.2, -0.15) is 0 Å². The van der Waals surface area contributed by atoms with Gasteiger partial charge in [-0.1, -0.05) is 20.8 Å². The quantitative estimate of drug-likeness (QED) is 0.614. The predicted octanol–water partition coefficient (Wildman–Crippen LogP) is 2.95. The van der Waals surface area contributed by atoms with Crippen LogP contribution in [0.15, 0.2) is 0 Å². The molecule has 0 radical (unpaired) electrons. The van der Waals surface area contributed by atoms with Crippen LogP contribution in [-0.2, 0) is 9.53 Å². The summed E-state index contributed by atoms with van der Waals surface area (Å²) >= 11 is 0. The number of ether oxygens (including phenoxy) is 1. The van der Waals surface area contributed by atoms with E-state index >= 15 is 0 Å². The van der Waals surface area contributed by atoms with Crippen LogP contribution >= 0.6 is 0 Å². The number of carbonyl (C=O) groups is 1. The lowest BCUT2D eigenvalue weighted by Gasteiger charge is -2.46. The fourth-order valence-corrected chi connectivity index (χ4v) is 3.19. The second kappa shape index (κ2) is 3.31. The molecule has 0 N–H and O–H groups in total. The normalized spacial score (nSPS) is 44.9. The van der Waals surface area contributed by atoms with Crippen LogP contribution in [0.1, 0.15) is 53.4 Å². The maximum absolute atomic E-state index is 12.2. The average molecular weight is 210 g/mol. The lowest BCUT2D eigenvalue weighted by Crippen LogP contribution is -2.54. The van der Waals surface area contributed by atoms with Crippen LogP contribution in [0.25, 0.3) is 0 Å². The minimum atomic E-state index is -0.468. The first kappa shape index (κ1) is 11.1. The molecule has 2 aliphatic rings. The third kappa shape index (κ3) is 1.45. The van der Waals surface area contributed by atoms with E-state index in [1.807, 2.05) is 0 Å². The molecule has 3 atom stereocenters. The van der Waals surface area contributed by atoms with Crippen molar-refractivity contribution in [2.75, 3.05) is 0 Å². The van der Waals surface area contributed by atoms with Gasteiger partial charge < -0.3 is 4.74 Å². The maximum atomic E-state index is 12.2. The van der Waals surface area contributed by atoms with Gasteiger partial charge in [0, 0.05) is 11.8 Å². The van der Waals surface area contributed by atoms with Gasteiger partial charge in [0.25, 0.3) is 0 Å². The van der Waals surface area contributed by atoms with Gasteiger partial charge in [0.1, 0.15) is 5.60 Å². The highest BCUT2D eigenvalue weighted by Gasteiger charge is 2.58. The Kier molecular flexibility index (Phi) is 2.45. The monoisotopic (exact) mass is 210 g/mol. The Morgan fingerprint density at radius 1 is 1.33 bits per heavy atom. The molecule has 1 saturated carbocycles. The van der Waals surface area contributed by atoms with E-state index in [-0.39, 0.29) is 11.5 Å². The Morgan fingerprint density at radius 3 is 2.47 bits per heavy atom. The van der Waals surface area contributed by atoms with Crippen molar-refractivity contribution in [2.45, 2.75) is 65.1 Å². The highest BCUT2D eigenvalue weighted by atomic mass is 16.5. The number of Topliss-reactive ketones (excluding diaryl/α,β-unsaturated/α-hetero) is 1. The summed E-state index contributed by atoms with van der Waals surface area (Å²) in [5, 5.41) is 0. The van der Waals surface area contributed by atoms with Crippen LogP contribution in [-0.4, -0.2) is 17.5 Å². The van der Waals surface area contributed by atoms with Gasteiger partial charge in [-0.15, -0.1) is 0 Å². The Morgan fingerprint density at radius 2 is 2.00 bits per heavy atom. The first-order valence-electron chi connectivity index (χ1n) is 6.10. The summed E-state index contributed by atoms with van der Waals surface area (Å²) in [5.74, 6) is 0.848. The Hall–Kier alpha value is -0.370. The van der Waals surface area contributed by atoms with Crippen LogP contribution in [0.2, 0.25) is 0 Å². The smallest absolute Gasteiger partial charge is 0.165 e. The van der Waals surface area contributed by atoms with Crippen LogP contribution < -0.4 is 0 Å². The highest BCUT2D eigenvalue weighted by Crippen LogP contribution is 2.52. The van der Waals surface area contributed by atoms with E-state index < -0.39 is 5.60 Å². The summed E-state index contributed by atoms with van der Waals surface area (Å²) in [7, 11) is 0. The van der Waals surface area contributed by atoms with Crippen LogP contribution in [0.5, 0.6) is 0 Å². The molecule has 0 bridgehead atoms. The van der Waals surface area contributed by atoms with Crippen molar-refractivity contribution >= 4 is 5.78 Å². The molecule has 0 amide bonds. The molecular formula is C13H22O2. The van der Waals surface area contributed by atoms with E-state index in [4.69, 9.17) is 4.74 Å². The van der Waals surface area contributed by atoms with Gasteiger partial charge in [0.15, 0.2) is 5.78 Å². The van der Waals surface area contributed by atoms with Crippen LogP contribution in [0, 0.1) is 11.3 Å². The summed E-state index contributed by atoms with van der Waals surface area (Å²) < 4.78 is 6.08. The van der Waals surface area contributed by atoms with Gasteiger partial charge >= 0.3 is 0 Å². The zero-order chi connectivity index (χ0) is 11.3. The molecule has 1 heterocycles. The molecule has 2 fully saturated rings. The minimum Gasteiger partial charge on any atom is -0.363 e. The Bertz CT molecular complexity index is 270. The van der Waals surface area contributed by atoms with Gasteiger partial charge in [0.2, 0.25) is 0 Å². The Balaban J connectivity index is 2.35. The number of hydrogen-bond acceptors (Lipinski definition) is 2. The maximum Gasteiger partial charge on any atom is 0.165 e. The van der Waals surface area contributed by atoms with Crippen molar-refractivity contribution in [2.24, 2.45) is 11.3 Å². The van der Waals surface area contributed by atoms with E-state index in [9.17, 15) is 4.79 Å². The summed E-state index contributed by atoms with van der Waals surface area (Å²) in [6.07, 6.45) is 3.99. The number of rotatable bonds is 0. The lowest BCUT2D eigenvalue weighted by molar-refractivity contribution is -0.167. The summed E-state index contributed by atoms with van der Waals surface area (Å²) in [6.45, 7) is 8.67. The molecule has 0 unspecified atom stereocenters. The van der Waals surface area contributed by atoms with Crippen LogP contribution in [0.3, 0.4) is 0 Å². The molecule has 86 valence electrons. The van der Waals surface area contributed by atoms with E-state index in [1.54, 1.807) is 0 Å². The average Bonchev–Trinajstić information content (AvgIpc) is 2.42. The lowest BCUT2D eigenvalue weighted by atomic mass is 9.63. The zero-order valence-electron chi connectivity index (χ0n) is 10.3.